The van der Waals surface area contributed by atoms with E-state index in [2.05, 4.69) is 27.7 Å². The Bertz CT molecular complexity index is 283. The summed E-state index contributed by atoms with van der Waals surface area (Å²) in [4.78, 5) is 0. The second-order valence-corrected chi connectivity index (χ2v) is 20.7. The third-order valence-electron chi connectivity index (χ3n) is 6.94. The molecule has 0 aromatic rings. The van der Waals surface area contributed by atoms with Crippen LogP contribution in [0.15, 0.2) is 0 Å². The Morgan fingerprint density at radius 3 is 1.10 bits per heavy atom. The Morgan fingerprint density at radius 2 is 0.767 bits per heavy atom. The zero-order valence-corrected chi connectivity index (χ0v) is 24.3. The van der Waals surface area contributed by atoms with Crippen molar-refractivity contribution in [1.82, 2.24) is 0 Å². The topological polar surface area (TPSA) is 9.23 Å². The molecule has 0 aliphatic heterocycles. The molecule has 0 saturated carbocycles. The van der Waals surface area contributed by atoms with Crippen molar-refractivity contribution in [2.45, 2.75) is 150 Å². The van der Waals surface area contributed by atoms with E-state index in [0.29, 0.717) is 0 Å². The van der Waals surface area contributed by atoms with E-state index in [0.717, 1.165) is 6.61 Å². The maximum absolute atomic E-state index is 6.44. The summed E-state index contributed by atoms with van der Waals surface area (Å²) in [5, 5.41) is 0. The van der Waals surface area contributed by atoms with Crippen LogP contribution in [0.4, 0.5) is 0 Å². The minimum absolute atomic E-state index is 0.285. The molecule has 0 saturated heterocycles. The van der Waals surface area contributed by atoms with Crippen LogP contribution in [0, 0.1) is 0 Å². The molecule has 3 heteroatoms. The summed E-state index contributed by atoms with van der Waals surface area (Å²) in [5.41, 5.74) is 0. The molecule has 0 aromatic carbocycles. The van der Waals surface area contributed by atoms with Gasteiger partial charge in [0.1, 0.15) is 0 Å². The molecule has 0 spiro atoms. The van der Waals surface area contributed by atoms with Crippen molar-refractivity contribution >= 4 is 16.2 Å². The molecule has 30 heavy (non-hydrogen) atoms. The molecule has 0 bridgehead atoms. The van der Waals surface area contributed by atoms with Crippen molar-refractivity contribution in [3.05, 3.63) is 0 Å². The Labute approximate surface area is 195 Å². The zero-order chi connectivity index (χ0) is 22.2. The standard InChI is InChI=1S/C27H61OPSi/c1-5-9-12-15-18-21-25-29(30-28-24-8-4,26-22-19-16-13-10-6-2)27-23-20-17-14-11-7-3/h29H,5-27,30H2,1-4H3. The van der Waals surface area contributed by atoms with Crippen molar-refractivity contribution in [1.29, 1.82) is 0 Å². The fraction of sp³-hybridized carbons (Fsp3) is 1.00. The van der Waals surface area contributed by atoms with E-state index in [1.54, 1.807) is 18.5 Å². The summed E-state index contributed by atoms with van der Waals surface area (Å²) in [5.74, 6) is 0. The first kappa shape index (κ1) is 30.6. The average molecular weight is 461 g/mol. The Balaban J connectivity index is 4.61. The third-order valence-corrected chi connectivity index (χ3v) is 17.9. The summed E-state index contributed by atoms with van der Waals surface area (Å²) < 4.78 is 6.44. The van der Waals surface area contributed by atoms with Gasteiger partial charge in [0.15, 0.2) is 0 Å². The van der Waals surface area contributed by atoms with Gasteiger partial charge in [0.2, 0.25) is 0 Å². The van der Waals surface area contributed by atoms with Crippen LogP contribution in [0.1, 0.15) is 150 Å². The fourth-order valence-electron chi connectivity index (χ4n) is 4.87. The summed E-state index contributed by atoms with van der Waals surface area (Å²) in [6, 6.07) is 0. The quantitative estimate of drug-likeness (QED) is 0.0749. The van der Waals surface area contributed by atoms with Gasteiger partial charge in [-0.25, -0.2) is 0 Å². The molecule has 0 fully saturated rings. The fourth-order valence-corrected chi connectivity index (χ4v) is 15.2. The molecule has 0 unspecified atom stereocenters. The van der Waals surface area contributed by atoms with E-state index in [1.165, 1.54) is 122 Å². The van der Waals surface area contributed by atoms with E-state index in [1.807, 2.05) is 0 Å². The van der Waals surface area contributed by atoms with Crippen LogP contribution in [0.5, 0.6) is 0 Å². The van der Waals surface area contributed by atoms with Crippen molar-refractivity contribution in [3.63, 3.8) is 0 Å². The third kappa shape index (κ3) is 19.3. The molecular weight excluding hydrogens is 399 g/mol. The second-order valence-electron chi connectivity index (χ2n) is 10.1. The minimum atomic E-state index is -1.12. The first-order valence-electron chi connectivity index (χ1n) is 14.3. The summed E-state index contributed by atoms with van der Waals surface area (Å²) in [6.07, 6.45) is 32.3. The Morgan fingerprint density at radius 1 is 0.433 bits per heavy atom. The van der Waals surface area contributed by atoms with Crippen LogP contribution in [0.3, 0.4) is 0 Å². The number of rotatable bonds is 25. The predicted octanol–water partition coefficient (Wildman–Crippen LogP) is 9.24. The zero-order valence-electron chi connectivity index (χ0n) is 21.9. The van der Waals surface area contributed by atoms with E-state index < -0.39 is 6.81 Å². The van der Waals surface area contributed by atoms with Crippen LogP contribution in [-0.2, 0) is 4.43 Å². The van der Waals surface area contributed by atoms with E-state index >= 15 is 0 Å². The van der Waals surface area contributed by atoms with Gasteiger partial charge in [-0.2, -0.15) is 0 Å². The number of hydrogen-bond acceptors (Lipinski definition) is 1. The molecule has 0 aromatic heterocycles. The normalized spacial score (nSPS) is 12.9. The first-order valence-corrected chi connectivity index (χ1v) is 19.8. The monoisotopic (exact) mass is 460 g/mol. The average Bonchev–Trinajstić information content (AvgIpc) is 2.75. The maximum atomic E-state index is 6.44. The van der Waals surface area contributed by atoms with Gasteiger partial charge in [-0.3, -0.25) is 0 Å². The number of unbranched alkanes of at least 4 members (excludes halogenated alkanes) is 15. The van der Waals surface area contributed by atoms with Gasteiger partial charge in [0, 0.05) is 0 Å². The van der Waals surface area contributed by atoms with Crippen molar-refractivity contribution in [2.24, 2.45) is 0 Å². The summed E-state index contributed by atoms with van der Waals surface area (Å²) in [6.45, 7) is 9.20. The Hall–Kier alpha value is 0.607. The van der Waals surface area contributed by atoms with Crippen molar-refractivity contribution in [3.8, 4) is 0 Å². The van der Waals surface area contributed by atoms with Crippen LogP contribution in [0.2, 0.25) is 0 Å². The van der Waals surface area contributed by atoms with E-state index in [4.69, 9.17) is 4.43 Å². The molecule has 0 atom stereocenters. The van der Waals surface area contributed by atoms with Gasteiger partial charge in [-0.1, -0.05) is 0 Å². The Kier molecular flexibility index (Phi) is 24.7. The van der Waals surface area contributed by atoms with Gasteiger partial charge in [-0.15, -0.1) is 0 Å². The number of hydrogen-bond donors (Lipinski definition) is 0. The molecule has 0 rings (SSSR count). The SMILES string of the molecule is CCCCCCCC[PH](CCCCCCCC)(CCCCCCCC)[SiH2]OCCC. The van der Waals surface area contributed by atoms with Gasteiger partial charge in [-0.05, 0) is 0 Å². The summed E-state index contributed by atoms with van der Waals surface area (Å²) in [7, 11) is -0.285. The second kappa shape index (κ2) is 24.3. The molecule has 1 nitrogen and oxygen atoms in total. The van der Waals surface area contributed by atoms with Gasteiger partial charge >= 0.3 is 195 Å². The van der Waals surface area contributed by atoms with Crippen molar-refractivity contribution in [2.75, 3.05) is 25.1 Å². The molecule has 0 heterocycles. The predicted molar refractivity (Wildman–Crippen MR) is 148 cm³/mol. The molecular formula is C27H61OPSi. The molecule has 0 N–H and O–H groups in total. The molecule has 0 amide bonds. The van der Waals surface area contributed by atoms with Gasteiger partial charge < -0.3 is 0 Å². The molecule has 0 aliphatic rings. The van der Waals surface area contributed by atoms with Crippen LogP contribution in [0.25, 0.3) is 0 Å². The van der Waals surface area contributed by atoms with E-state index in [-0.39, 0.29) is 9.43 Å². The molecule has 0 aliphatic carbocycles. The van der Waals surface area contributed by atoms with Gasteiger partial charge in [0.25, 0.3) is 0 Å². The first-order chi connectivity index (χ1) is 14.7. The molecule has 0 radical (unpaired) electrons. The van der Waals surface area contributed by atoms with Crippen LogP contribution in [-0.4, -0.2) is 34.5 Å². The molecule has 184 valence electrons. The van der Waals surface area contributed by atoms with Gasteiger partial charge in [0.05, 0.1) is 0 Å². The summed E-state index contributed by atoms with van der Waals surface area (Å²) >= 11 is 0. The van der Waals surface area contributed by atoms with Crippen molar-refractivity contribution < 1.29 is 4.43 Å². The van der Waals surface area contributed by atoms with E-state index in [9.17, 15) is 0 Å². The van der Waals surface area contributed by atoms with Crippen LogP contribution < -0.4 is 0 Å². The van der Waals surface area contributed by atoms with Crippen LogP contribution >= 0.6 is 6.81 Å².